The molecule has 0 radical (unpaired) electrons. The minimum Gasteiger partial charge on any atom is -0.366 e. The van der Waals surface area contributed by atoms with Gasteiger partial charge >= 0.3 is 0 Å². The fourth-order valence-corrected chi connectivity index (χ4v) is 2.20. The minimum absolute atomic E-state index is 0.560. The Kier molecular flexibility index (Phi) is 4.10. The summed E-state index contributed by atoms with van der Waals surface area (Å²) in [5.41, 5.74) is 0. The second-order valence-electron chi connectivity index (χ2n) is 4.37. The second-order valence-corrected chi connectivity index (χ2v) is 4.37. The summed E-state index contributed by atoms with van der Waals surface area (Å²) in [6.45, 7) is 5.87. The van der Waals surface area contributed by atoms with Crippen LogP contribution in [0.15, 0.2) is 18.3 Å². The Morgan fingerprint density at radius 3 is 2.88 bits per heavy atom. The van der Waals surface area contributed by atoms with Crippen LogP contribution in [0.2, 0.25) is 0 Å². The van der Waals surface area contributed by atoms with Gasteiger partial charge in [-0.1, -0.05) is 6.92 Å². The minimum atomic E-state index is 0.560. The highest BCUT2D eigenvalue weighted by Crippen LogP contribution is 2.14. The summed E-state index contributed by atoms with van der Waals surface area (Å²) in [4.78, 5) is 2.54. The van der Waals surface area contributed by atoms with E-state index in [-0.39, 0.29) is 0 Å². The molecule has 0 atom stereocenters. The molecule has 1 fully saturated rings. The van der Waals surface area contributed by atoms with E-state index in [9.17, 15) is 0 Å². The molecule has 1 aliphatic rings. The van der Waals surface area contributed by atoms with Gasteiger partial charge in [-0.05, 0) is 37.9 Å². The van der Waals surface area contributed by atoms with Crippen LogP contribution in [0, 0.1) is 0 Å². The lowest BCUT2D eigenvalue weighted by Crippen LogP contribution is -2.39. The number of piperidine rings is 1. The van der Waals surface area contributed by atoms with Gasteiger partial charge in [0.1, 0.15) is 5.82 Å². The summed E-state index contributed by atoms with van der Waals surface area (Å²) in [6, 6.07) is 4.46. The van der Waals surface area contributed by atoms with E-state index >= 15 is 0 Å². The predicted octanol–water partition coefficient (Wildman–Crippen LogP) is 1.76. The SMILES string of the molecule is CCCN1CCC(Nc2cccnn2)CC1. The summed E-state index contributed by atoms with van der Waals surface area (Å²) in [5, 5.41) is 11.4. The molecule has 0 bridgehead atoms. The zero-order chi connectivity index (χ0) is 11.2. The van der Waals surface area contributed by atoms with Crippen LogP contribution < -0.4 is 5.32 Å². The standard InChI is InChI=1S/C12H20N4/c1-2-8-16-9-5-11(6-10-16)14-12-4-3-7-13-15-12/h3-4,7,11H,2,5-6,8-10H2,1H3,(H,14,15). The molecule has 1 aliphatic heterocycles. The first-order chi connectivity index (χ1) is 7.88. The number of aromatic nitrogens is 2. The van der Waals surface area contributed by atoms with Gasteiger partial charge in [-0.15, -0.1) is 5.10 Å². The van der Waals surface area contributed by atoms with Gasteiger partial charge < -0.3 is 10.2 Å². The molecule has 0 aromatic carbocycles. The summed E-state index contributed by atoms with van der Waals surface area (Å²) in [5.74, 6) is 0.899. The number of likely N-dealkylation sites (tertiary alicyclic amines) is 1. The van der Waals surface area contributed by atoms with E-state index in [1.807, 2.05) is 12.1 Å². The molecule has 0 aliphatic carbocycles. The van der Waals surface area contributed by atoms with Crippen molar-refractivity contribution < 1.29 is 0 Å². The van der Waals surface area contributed by atoms with E-state index in [0.717, 1.165) is 5.82 Å². The summed E-state index contributed by atoms with van der Waals surface area (Å²) in [7, 11) is 0. The van der Waals surface area contributed by atoms with Crippen LogP contribution in [0.1, 0.15) is 26.2 Å². The van der Waals surface area contributed by atoms with E-state index in [0.29, 0.717) is 6.04 Å². The van der Waals surface area contributed by atoms with E-state index < -0.39 is 0 Å². The van der Waals surface area contributed by atoms with Crippen molar-refractivity contribution in [1.82, 2.24) is 15.1 Å². The lowest BCUT2D eigenvalue weighted by atomic mass is 10.0. The second kappa shape index (κ2) is 5.80. The van der Waals surface area contributed by atoms with Crippen LogP contribution in [0.4, 0.5) is 5.82 Å². The Hall–Kier alpha value is -1.16. The highest BCUT2D eigenvalue weighted by molar-refractivity contribution is 5.32. The molecule has 2 heterocycles. The van der Waals surface area contributed by atoms with Gasteiger partial charge in [-0.25, -0.2) is 0 Å². The highest BCUT2D eigenvalue weighted by atomic mass is 15.2. The van der Waals surface area contributed by atoms with E-state index in [1.165, 1.54) is 38.9 Å². The third-order valence-corrected chi connectivity index (χ3v) is 3.05. The van der Waals surface area contributed by atoms with Gasteiger partial charge in [-0.3, -0.25) is 0 Å². The molecular weight excluding hydrogens is 200 g/mol. The number of nitrogens with one attached hydrogen (secondary N) is 1. The normalized spacial score (nSPS) is 18.6. The molecule has 0 amide bonds. The van der Waals surface area contributed by atoms with Crippen molar-refractivity contribution in [2.24, 2.45) is 0 Å². The maximum Gasteiger partial charge on any atom is 0.148 e. The molecule has 4 nitrogen and oxygen atoms in total. The van der Waals surface area contributed by atoms with Crippen molar-refractivity contribution in [3.8, 4) is 0 Å². The Bertz CT molecular complexity index is 293. The quantitative estimate of drug-likeness (QED) is 0.839. The Balaban J connectivity index is 1.77. The average molecular weight is 220 g/mol. The topological polar surface area (TPSA) is 41.0 Å². The van der Waals surface area contributed by atoms with Gasteiger partial charge in [0.25, 0.3) is 0 Å². The van der Waals surface area contributed by atoms with Crippen molar-refractivity contribution in [2.75, 3.05) is 25.0 Å². The van der Waals surface area contributed by atoms with Crippen LogP contribution in [0.3, 0.4) is 0 Å². The Morgan fingerprint density at radius 1 is 1.44 bits per heavy atom. The summed E-state index contributed by atoms with van der Waals surface area (Å²) >= 11 is 0. The largest absolute Gasteiger partial charge is 0.366 e. The lowest BCUT2D eigenvalue weighted by molar-refractivity contribution is 0.219. The van der Waals surface area contributed by atoms with Crippen LogP contribution in [0.5, 0.6) is 0 Å². The van der Waals surface area contributed by atoms with Crippen molar-refractivity contribution in [3.63, 3.8) is 0 Å². The predicted molar refractivity (Wildman–Crippen MR) is 65.4 cm³/mol. The summed E-state index contributed by atoms with van der Waals surface area (Å²) < 4.78 is 0. The monoisotopic (exact) mass is 220 g/mol. The summed E-state index contributed by atoms with van der Waals surface area (Å²) in [6.07, 6.45) is 5.37. The molecule has 2 rings (SSSR count). The molecule has 88 valence electrons. The van der Waals surface area contributed by atoms with Crippen LogP contribution in [-0.2, 0) is 0 Å². The third-order valence-electron chi connectivity index (χ3n) is 3.05. The van der Waals surface area contributed by atoms with Crippen LogP contribution in [-0.4, -0.2) is 40.8 Å². The van der Waals surface area contributed by atoms with Gasteiger partial charge in [0, 0.05) is 25.3 Å². The van der Waals surface area contributed by atoms with Crippen molar-refractivity contribution >= 4 is 5.82 Å². The van der Waals surface area contributed by atoms with Crippen LogP contribution in [0.25, 0.3) is 0 Å². The smallest absolute Gasteiger partial charge is 0.148 e. The zero-order valence-corrected chi connectivity index (χ0v) is 9.89. The van der Waals surface area contributed by atoms with Crippen molar-refractivity contribution in [3.05, 3.63) is 18.3 Å². The molecule has 4 heteroatoms. The maximum atomic E-state index is 4.05. The third kappa shape index (κ3) is 3.17. The number of anilines is 1. The molecule has 0 saturated carbocycles. The van der Waals surface area contributed by atoms with E-state index in [2.05, 4.69) is 27.3 Å². The molecule has 1 N–H and O–H groups in total. The molecule has 1 saturated heterocycles. The number of hydrogen-bond acceptors (Lipinski definition) is 4. The van der Waals surface area contributed by atoms with E-state index in [4.69, 9.17) is 0 Å². The first-order valence-electron chi connectivity index (χ1n) is 6.15. The van der Waals surface area contributed by atoms with Gasteiger partial charge in [0.15, 0.2) is 0 Å². The van der Waals surface area contributed by atoms with Crippen LogP contribution >= 0.6 is 0 Å². The van der Waals surface area contributed by atoms with Gasteiger partial charge in [0.05, 0.1) is 0 Å². The van der Waals surface area contributed by atoms with Gasteiger partial charge in [-0.2, -0.15) is 5.10 Å². The van der Waals surface area contributed by atoms with Crippen molar-refractivity contribution in [2.45, 2.75) is 32.2 Å². The molecular formula is C12H20N4. The fourth-order valence-electron chi connectivity index (χ4n) is 2.20. The molecule has 1 aromatic heterocycles. The number of hydrogen-bond donors (Lipinski definition) is 1. The Labute approximate surface area is 97.1 Å². The molecule has 16 heavy (non-hydrogen) atoms. The highest BCUT2D eigenvalue weighted by Gasteiger charge is 2.18. The maximum absolute atomic E-state index is 4.05. The zero-order valence-electron chi connectivity index (χ0n) is 9.89. The average Bonchev–Trinajstić information content (AvgIpc) is 2.33. The molecule has 0 spiro atoms. The van der Waals surface area contributed by atoms with E-state index in [1.54, 1.807) is 6.20 Å². The van der Waals surface area contributed by atoms with Crippen molar-refractivity contribution in [1.29, 1.82) is 0 Å². The molecule has 0 unspecified atom stereocenters. The lowest BCUT2D eigenvalue weighted by Gasteiger charge is -2.32. The fraction of sp³-hybridized carbons (Fsp3) is 0.667. The Morgan fingerprint density at radius 2 is 2.25 bits per heavy atom. The first-order valence-corrected chi connectivity index (χ1v) is 6.15. The first kappa shape index (κ1) is 11.3. The number of nitrogens with zero attached hydrogens (tertiary/aromatic N) is 3. The number of rotatable bonds is 4. The van der Waals surface area contributed by atoms with Gasteiger partial charge in [0.2, 0.25) is 0 Å². The molecule has 1 aromatic rings.